The molecule has 0 spiro atoms. The fourth-order valence-electron chi connectivity index (χ4n) is 3.10. The van der Waals surface area contributed by atoms with Gasteiger partial charge in [0, 0.05) is 26.2 Å². The van der Waals surface area contributed by atoms with Crippen LogP contribution >= 0.6 is 0 Å². The van der Waals surface area contributed by atoms with E-state index in [-0.39, 0.29) is 12.3 Å². The highest BCUT2D eigenvalue weighted by molar-refractivity contribution is 5.84. The Kier molecular flexibility index (Phi) is 5.82. The maximum atomic E-state index is 12.6. The molecule has 0 saturated heterocycles. The highest BCUT2D eigenvalue weighted by atomic mass is 16.5. The van der Waals surface area contributed by atoms with Crippen LogP contribution in [0.25, 0.3) is 11.0 Å². The second-order valence-corrected chi connectivity index (χ2v) is 6.52. The molecule has 0 fully saturated rings. The molecule has 0 aromatic carbocycles. The smallest absolute Gasteiger partial charge is 0.332 e. The molecule has 1 atom stereocenters. The van der Waals surface area contributed by atoms with Gasteiger partial charge in [-0.25, -0.2) is 14.6 Å². The first kappa shape index (κ1) is 20.3. The molecule has 1 N–H and O–H groups in total. The third-order valence-corrected chi connectivity index (χ3v) is 4.71. The van der Waals surface area contributed by atoms with Crippen LogP contribution < -0.4 is 16.6 Å². The van der Waals surface area contributed by atoms with Crippen molar-refractivity contribution in [2.75, 3.05) is 7.11 Å². The molecule has 0 aliphatic rings. The molecule has 2 rings (SSSR count). The quantitative estimate of drug-likeness (QED) is 0.727. The molecular formula is C18H24N4O5. The number of rotatable bonds is 5. The molecule has 9 nitrogen and oxygen atoms in total. The van der Waals surface area contributed by atoms with Crippen LogP contribution in [0.1, 0.15) is 30.2 Å². The number of methoxy groups -OCH3 is 1. The number of nitrogens with zero attached hydrogens (tertiary/aromatic N) is 3. The molecule has 9 heteroatoms. The van der Waals surface area contributed by atoms with Crippen LogP contribution in [-0.2, 0) is 34.8 Å². The van der Waals surface area contributed by atoms with E-state index in [9.17, 15) is 19.2 Å². The van der Waals surface area contributed by atoms with Crippen LogP contribution in [0.2, 0.25) is 0 Å². The summed E-state index contributed by atoms with van der Waals surface area (Å²) in [6, 6.07) is -0.735. The van der Waals surface area contributed by atoms with E-state index in [0.717, 1.165) is 10.1 Å². The van der Waals surface area contributed by atoms with Gasteiger partial charge in [0.25, 0.3) is 5.56 Å². The van der Waals surface area contributed by atoms with E-state index in [1.54, 1.807) is 27.8 Å². The molecule has 27 heavy (non-hydrogen) atoms. The van der Waals surface area contributed by atoms with Crippen molar-refractivity contribution in [3.63, 3.8) is 0 Å². The molecule has 2 aromatic rings. The minimum atomic E-state index is -0.735. The van der Waals surface area contributed by atoms with Crippen LogP contribution in [0.3, 0.4) is 0 Å². The Labute approximate surface area is 156 Å². The number of esters is 1. The number of fused-ring (bicyclic) bond motifs is 1. The lowest BCUT2D eigenvalue weighted by atomic mass is 9.99. The van der Waals surface area contributed by atoms with E-state index < -0.39 is 23.3 Å². The zero-order valence-electron chi connectivity index (χ0n) is 16.4. The Bertz CT molecular complexity index is 1030. The van der Waals surface area contributed by atoms with Crippen molar-refractivity contribution in [3.05, 3.63) is 37.7 Å². The molecule has 0 aliphatic heterocycles. The number of carbonyl (C=O) groups excluding carboxylic acids is 2. The predicted octanol–water partition coefficient (Wildman–Crippen LogP) is -0.141. The Morgan fingerprint density at radius 2 is 1.81 bits per heavy atom. The normalized spacial score (nSPS) is 12.1. The van der Waals surface area contributed by atoms with Crippen molar-refractivity contribution in [2.24, 2.45) is 14.1 Å². The van der Waals surface area contributed by atoms with Crippen molar-refractivity contribution in [3.8, 4) is 0 Å². The number of hydrogen-bond acceptors (Lipinski definition) is 6. The van der Waals surface area contributed by atoms with Gasteiger partial charge in [0.2, 0.25) is 5.91 Å². The van der Waals surface area contributed by atoms with Gasteiger partial charge in [-0.1, -0.05) is 0 Å². The molecule has 2 aromatic heterocycles. The Morgan fingerprint density at radius 3 is 2.41 bits per heavy atom. The van der Waals surface area contributed by atoms with Gasteiger partial charge in [-0.3, -0.25) is 18.7 Å². The highest BCUT2D eigenvalue weighted by Crippen LogP contribution is 2.20. The van der Waals surface area contributed by atoms with Crippen LogP contribution in [0.15, 0.2) is 9.59 Å². The van der Waals surface area contributed by atoms with E-state index in [4.69, 9.17) is 0 Å². The number of hydrogen-bond donors (Lipinski definition) is 1. The van der Waals surface area contributed by atoms with Crippen molar-refractivity contribution in [2.45, 2.75) is 39.7 Å². The van der Waals surface area contributed by atoms with Crippen molar-refractivity contribution in [1.82, 2.24) is 19.4 Å². The lowest BCUT2D eigenvalue weighted by molar-refractivity contribution is -0.144. The second kappa shape index (κ2) is 7.73. The monoisotopic (exact) mass is 376 g/mol. The Balaban J connectivity index is 2.38. The summed E-state index contributed by atoms with van der Waals surface area (Å²) in [5, 5.41) is 2.93. The maximum Gasteiger partial charge on any atom is 0.332 e. The summed E-state index contributed by atoms with van der Waals surface area (Å²) in [4.78, 5) is 52.6. The lowest BCUT2D eigenvalue weighted by Crippen LogP contribution is -2.39. The number of pyridine rings is 1. The summed E-state index contributed by atoms with van der Waals surface area (Å²) in [6.07, 6.45) is 0.481. The van der Waals surface area contributed by atoms with Gasteiger partial charge in [0.1, 0.15) is 11.7 Å². The molecule has 0 radical (unpaired) electrons. The van der Waals surface area contributed by atoms with Crippen LogP contribution in [0, 0.1) is 13.8 Å². The van der Waals surface area contributed by atoms with E-state index in [1.807, 2.05) is 0 Å². The fourth-order valence-corrected chi connectivity index (χ4v) is 3.10. The number of amides is 1. The second-order valence-electron chi connectivity index (χ2n) is 6.52. The summed E-state index contributed by atoms with van der Waals surface area (Å²) in [6.45, 7) is 5.11. The average molecular weight is 376 g/mol. The number of carbonyl (C=O) groups is 2. The standard InChI is InChI=1S/C18H24N4O5/c1-9-12(7-8-13(23)19-11(3)17(25)27-6)10(2)20-15-14(9)16(24)22(5)18(26)21(15)4/h11H,7-8H2,1-6H3,(H,19,23)/t11-/m0/s1. The van der Waals surface area contributed by atoms with Crippen LogP contribution in [-0.4, -0.2) is 39.1 Å². The predicted molar refractivity (Wildman–Crippen MR) is 99.6 cm³/mol. The van der Waals surface area contributed by atoms with Gasteiger partial charge < -0.3 is 10.1 Å². The van der Waals surface area contributed by atoms with E-state index in [2.05, 4.69) is 15.0 Å². The molecule has 0 unspecified atom stereocenters. The first-order valence-electron chi connectivity index (χ1n) is 8.53. The first-order chi connectivity index (χ1) is 12.6. The number of ether oxygens (including phenoxy) is 1. The number of aromatic nitrogens is 3. The first-order valence-corrected chi connectivity index (χ1v) is 8.53. The SMILES string of the molecule is COC(=O)[C@H](C)NC(=O)CCc1c(C)nc2c(c1C)c(=O)n(C)c(=O)n2C. The highest BCUT2D eigenvalue weighted by Gasteiger charge is 2.19. The van der Waals surface area contributed by atoms with Gasteiger partial charge in [0.05, 0.1) is 12.5 Å². The number of aryl methyl sites for hydroxylation is 3. The lowest BCUT2D eigenvalue weighted by Gasteiger charge is -2.15. The van der Waals surface area contributed by atoms with Gasteiger partial charge >= 0.3 is 11.7 Å². The summed E-state index contributed by atoms with van der Waals surface area (Å²) >= 11 is 0. The van der Waals surface area contributed by atoms with Crippen LogP contribution in [0.4, 0.5) is 0 Å². The molecule has 2 heterocycles. The average Bonchev–Trinajstić information content (AvgIpc) is 2.63. The molecule has 0 saturated carbocycles. The largest absolute Gasteiger partial charge is 0.467 e. The molecule has 0 aliphatic carbocycles. The van der Waals surface area contributed by atoms with Gasteiger partial charge in [-0.15, -0.1) is 0 Å². The molecule has 0 bridgehead atoms. The Hall–Kier alpha value is -2.97. The Morgan fingerprint density at radius 1 is 1.19 bits per heavy atom. The van der Waals surface area contributed by atoms with E-state index in [1.165, 1.54) is 18.7 Å². The fraction of sp³-hybridized carbons (Fsp3) is 0.500. The van der Waals surface area contributed by atoms with E-state index in [0.29, 0.717) is 28.7 Å². The molecule has 1 amide bonds. The summed E-state index contributed by atoms with van der Waals surface area (Å²) < 4.78 is 6.96. The van der Waals surface area contributed by atoms with Crippen molar-refractivity contribution >= 4 is 22.9 Å². The van der Waals surface area contributed by atoms with Gasteiger partial charge in [0.15, 0.2) is 0 Å². The minimum Gasteiger partial charge on any atom is -0.467 e. The van der Waals surface area contributed by atoms with E-state index >= 15 is 0 Å². The molecular weight excluding hydrogens is 352 g/mol. The van der Waals surface area contributed by atoms with Gasteiger partial charge in [-0.05, 0) is 38.3 Å². The summed E-state index contributed by atoms with van der Waals surface area (Å²) in [5.41, 5.74) is 1.59. The zero-order chi connectivity index (χ0) is 20.5. The zero-order valence-corrected chi connectivity index (χ0v) is 16.4. The number of nitrogens with one attached hydrogen (secondary N) is 1. The maximum absolute atomic E-state index is 12.6. The van der Waals surface area contributed by atoms with Crippen LogP contribution in [0.5, 0.6) is 0 Å². The van der Waals surface area contributed by atoms with Gasteiger partial charge in [-0.2, -0.15) is 0 Å². The molecule has 146 valence electrons. The third-order valence-electron chi connectivity index (χ3n) is 4.71. The summed E-state index contributed by atoms with van der Waals surface area (Å²) in [7, 11) is 4.24. The van der Waals surface area contributed by atoms with Crippen molar-refractivity contribution < 1.29 is 14.3 Å². The minimum absolute atomic E-state index is 0.127. The van der Waals surface area contributed by atoms with Crippen molar-refractivity contribution in [1.29, 1.82) is 0 Å². The third kappa shape index (κ3) is 3.76. The topological polar surface area (TPSA) is 112 Å². The summed E-state index contributed by atoms with van der Waals surface area (Å²) in [5.74, 6) is -0.826.